The molecule has 18 rings (SSSR count). The number of aromatic nitrogens is 10. The number of aryl methyl sites for hydroxylation is 5. The first-order chi connectivity index (χ1) is 56.0. The molecule has 26 heteroatoms. The number of halogens is 4. The minimum Gasteiger partial charge on any atom is -0.291 e. The van der Waals surface area contributed by atoms with Gasteiger partial charge in [0.05, 0.1) is 94.5 Å². The summed E-state index contributed by atoms with van der Waals surface area (Å²) < 4.78 is 142. The predicted molar refractivity (Wildman–Crippen MR) is 434 cm³/mol. The van der Waals surface area contributed by atoms with Gasteiger partial charge in [-0.05, 0) is 314 Å². The van der Waals surface area contributed by atoms with Crippen molar-refractivity contribution in [2.24, 2.45) is 16.2 Å². The van der Waals surface area contributed by atoms with Crippen molar-refractivity contribution in [1.29, 1.82) is 0 Å². The predicted octanol–water partition coefficient (Wildman–Crippen LogP) is 16.8. The molecule has 5 aromatic carbocycles. The zero-order valence-corrected chi connectivity index (χ0v) is 67.0. The van der Waals surface area contributed by atoms with Gasteiger partial charge in [-0.2, -0.15) is 15.3 Å². The Morgan fingerprint density at radius 1 is 0.376 bits per heavy atom. The topological polar surface area (TPSA) is 259 Å². The van der Waals surface area contributed by atoms with Gasteiger partial charge in [0.2, 0.25) is 0 Å². The Balaban J connectivity index is 0.000000131. The minimum absolute atomic E-state index is 0.0293. The Morgan fingerprint density at radius 2 is 0.795 bits per heavy atom. The number of pyridine rings is 4. The fourth-order valence-corrected chi connectivity index (χ4v) is 23.2. The van der Waals surface area contributed by atoms with Crippen LogP contribution < -0.4 is 0 Å². The van der Waals surface area contributed by atoms with Crippen LogP contribution in [0.2, 0.25) is 0 Å². The number of hydrogen-bond donors (Lipinski definition) is 0. The number of Topliss-reactive ketones (excluding diaryl/α,β-unsaturated/α-hetero) is 3. The number of allylic oxidation sites excluding steroid dienone is 3. The Kier molecular flexibility index (Phi) is 20.9. The molecule has 3 fully saturated rings. The van der Waals surface area contributed by atoms with Gasteiger partial charge in [-0.15, -0.1) is 0 Å². The molecular weight excluding hydrogens is 1550 g/mol. The standard InChI is InChI=1S/C31H27F2N3O3S.C31H28FN3O3S.C29H25FN4O3S/c1-19-11-12-34-28(13-19)30(37)31-16-21-18-35-36(24-6-4-23(32)5-7-24)29(21)15-22(31)3-8-26(17-31)40(38,39)25-9-10-27(33)20(2)14-25;1-20-4-3-5-26(14-20)39(37,38)27-12-7-23-15-29-22(19-34-35(29)25-10-8-24(32)9-11-25)16-31(23,17-27)30(36)28-13-6-21(2)18-33-28;1-19-5-12-27(32-17-19)38(36,37)24-11-6-21-14-26-20(18-33-34(26)23-9-7-22(30)8-10-23)15-29(21,16-24)28(35)25-4-2-3-13-31-25/h4-7,9-15,18,26H,3,8,16-17H2,1-2H3;3-6,8-11,13-15,18-19,27H,7,12,16-17H2,1-2H3;2-5,7-10,12-14,17-18,24H,6,11,15-16H2,1H3/t26-,31-;27-,31-;24-,29-/m000/s1. The van der Waals surface area contributed by atoms with E-state index in [-0.39, 0.29) is 86.6 Å². The van der Waals surface area contributed by atoms with Crippen LogP contribution in [0.15, 0.2) is 245 Å². The third-order valence-electron chi connectivity index (χ3n) is 23.8. The number of rotatable bonds is 15. The van der Waals surface area contributed by atoms with Gasteiger partial charge in [0.25, 0.3) is 0 Å². The van der Waals surface area contributed by atoms with Crippen LogP contribution in [0, 0.1) is 74.1 Å². The maximum Gasteiger partial charge on any atom is 0.198 e. The van der Waals surface area contributed by atoms with E-state index in [2.05, 4.69) is 35.2 Å². The molecule has 6 aliphatic carbocycles. The highest BCUT2D eigenvalue weighted by molar-refractivity contribution is 7.92. The molecule has 6 aliphatic rings. The third kappa shape index (κ3) is 14.8. The summed E-state index contributed by atoms with van der Waals surface area (Å²) in [6.07, 6.45) is 21.0. The molecule has 3 saturated carbocycles. The first kappa shape index (κ1) is 79.0. The first-order valence-corrected chi connectivity index (χ1v) is 43.2. The number of ketones is 3. The Hall–Kier alpha value is -11.9. The van der Waals surface area contributed by atoms with Gasteiger partial charge in [0.1, 0.15) is 40.4 Å². The van der Waals surface area contributed by atoms with Gasteiger partial charge in [-0.1, -0.05) is 47.1 Å². The van der Waals surface area contributed by atoms with Gasteiger partial charge in [0, 0.05) is 24.8 Å². The zero-order chi connectivity index (χ0) is 82.1. The molecule has 7 heterocycles. The van der Waals surface area contributed by atoms with Crippen LogP contribution in [0.5, 0.6) is 0 Å². The second-order valence-corrected chi connectivity index (χ2v) is 38.0. The van der Waals surface area contributed by atoms with Gasteiger partial charge in [0.15, 0.2) is 51.9 Å². The van der Waals surface area contributed by atoms with Crippen molar-refractivity contribution in [3.05, 3.63) is 332 Å². The second-order valence-electron chi connectivity index (χ2n) is 31.4. The van der Waals surface area contributed by atoms with Crippen LogP contribution >= 0.6 is 0 Å². The van der Waals surface area contributed by atoms with E-state index >= 15 is 0 Å². The maximum atomic E-state index is 14.3. The summed E-state index contributed by atoms with van der Waals surface area (Å²) in [5.41, 5.74) is 11.1. The summed E-state index contributed by atoms with van der Waals surface area (Å²) in [5.74, 6) is -2.08. The van der Waals surface area contributed by atoms with Crippen molar-refractivity contribution in [3.63, 3.8) is 0 Å². The maximum absolute atomic E-state index is 14.3. The number of hydrogen-bond acceptors (Lipinski definition) is 16. The van der Waals surface area contributed by atoms with Crippen molar-refractivity contribution >= 4 is 65.1 Å². The molecule has 0 saturated heterocycles. The van der Waals surface area contributed by atoms with Crippen LogP contribution in [0.25, 0.3) is 35.3 Å². The summed E-state index contributed by atoms with van der Waals surface area (Å²) in [4.78, 5) is 60.4. The molecule has 19 nitrogen and oxygen atoms in total. The number of carbonyl (C=O) groups excluding carboxylic acids is 3. The first-order valence-electron chi connectivity index (χ1n) is 38.5. The monoisotopic (exact) mass is 1630 g/mol. The summed E-state index contributed by atoms with van der Waals surface area (Å²) >= 11 is 0. The van der Waals surface area contributed by atoms with E-state index in [1.54, 1.807) is 148 Å². The summed E-state index contributed by atoms with van der Waals surface area (Å²) in [6, 6.07) is 44.5. The number of benzene rings is 5. The molecule has 0 unspecified atom stereocenters. The normalized spacial score (nSPS) is 20.6. The molecule has 0 N–H and O–H groups in total. The lowest BCUT2D eigenvalue weighted by Crippen LogP contribution is -2.46. The summed E-state index contributed by atoms with van der Waals surface area (Å²) in [5, 5.41) is 11.3. The van der Waals surface area contributed by atoms with Crippen LogP contribution in [0.1, 0.15) is 151 Å². The lowest BCUT2D eigenvalue weighted by molar-refractivity contribution is 0.0790. The van der Waals surface area contributed by atoms with Crippen LogP contribution in [0.3, 0.4) is 0 Å². The molecule has 0 spiro atoms. The molecule has 0 bridgehead atoms. The molecule has 7 aromatic heterocycles. The highest BCUT2D eigenvalue weighted by Crippen LogP contribution is 2.56. The van der Waals surface area contributed by atoms with Gasteiger partial charge in [-0.25, -0.2) is 61.8 Å². The third-order valence-corrected chi connectivity index (χ3v) is 30.3. The molecule has 117 heavy (non-hydrogen) atoms. The summed E-state index contributed by atoms with van der Waals surface area (Å²) in [6.45, 7) is 9.05. The number of sulfone groups is 3. The van der Waals surface area contributed by atoms with Crippen molar-refractivity contribution < 1.29 is 57.2 Å². The van der Waals surface area contributed by atoms with E-state index in [0.717, 1.165) is 72.7 Å². The summed E-state index contributed by atoms with van der Waals surface area (Å²) in [7, 11) is -11.3. The Bertz CT molecular complexity index is 6410. The minimum atomic E-state index is -3.86. The fourth-order valence-electron chi connectivity index (χ4n) is 17.6. The zero-order valence-electron chi connectivity index (χ0n) is 64.5. The molecule has 0 radical (unpaired) electrons. The van der Waals surface area contributed by atoms with E-state index in [1.807, 2.05) is 64.1 Å². The van der Waals surface area contributed by atoms with Gasteiger partial charge < -0.3 is 0 Å². The van der Waals surface area contributed by atoms with E-state index in [0.29, 0.717) is 79.8 Å². The van der Waals surface area contributed by atoms with Crippen LogP contribution in [-0.4, -0.2) is 108 Å². The van der Waals surface area contributed by atoms with Crippen molar-refractivity contribution in [3.8, 4) is 17.1 Å². The highest BCUT2D eigenvalue weighted by atomic mass is 32.2. The van der Waals surface area contributed by atoms with E-state index in [1.165, 1.54) is 67.6 Å². The van der Waals surface area contributed by atoms with Gasteiger partial charge in [-0.3, -0.25) is 29.3 Å². The van der Waals surface area contributed by atoms with Crippen molar-refractivity contribution in [2.45, 2.75) is 142 Å². The molecular formula is C91H80F4N10O9S3. The highest BCUT2D eigenvalue weighted by Gasteiger charge is 2.56. The number of carbonyl (C=O) groups is 3. The second kappa shape index (κ2) is 31.0. The average molecular weight is 1630 g/mol. The van der Waals surface area contributed by atoms with E-state index < -0.39 is 67.3 Å². The quantitative estimate of drug-likeness (QED) is 0.0525. The van der Waals surface area contributed by atoms with Crippen molar-refractivity contribution in [1.82, 2.24) is 49.3 Å². The lowest BCUT2D eigenvalue weighted by Gasteiger charge is -2.43. The Labute approximate surface area is 674 Å². The van der Waals surface area contributed by atoms with Gasteiger partial charge >= 0.3 is 0 Å². The average Bonchev–Trinajstić information content (AvgIpc) is 1.73. The molecule has 0 amide bonds. The number of nitrogens with zero attached hydrogens (tertiary/aromatic N) is 10. The van der Waals surface area contributed by atoms with Crippen LogP contribution in [0.4, 0.5) is 17.6 Å². The van der Waals surface area contributed by atoms with Crippen LogP contribution in [-0.2, 0) is 48.8 Å². The molecule has 6 atom stereocenters. The largest absolute Gasteiger partial charge is 0.291 e. The fraction of sp³-hybridized carbons (Fsp3) is 0.253. The smallest absolute Gasteiger partial charge is 0.198 e. The van der Waals surface area contributed by atoms with E-state index in [4.69, 9.17) is 0 Å². The molecule has 0 aliphatic heterocycles. The SMILES string of the molecule is Cc1ccc(C(=O)[C@]23Cc4cnn(-c5ccc(F)cc5)c4C=C2CC[C@H](S(=O)(=O)c2cccc(C)c2)C3)nc1.Cc1ccc(S(=O)(=O)[C@H]2CCC3=Cc4c(cnn4-c4ccc(F)cc4)C[C@]3(C(=O)c3ccccn3)C2)nc1.Cc1ccnc(C(=O)[C@]23Cc4cnn(-c5ccc(F)cc5)c4C=C2CC[C@H](S(=O)(=O)c2ccc(F)c(C)c2)C3)c1. The molecule has 12 aromatic rings. The van der Waals surface area contributed by atoms with E-state index in [9.17, 15) is 57.2 Å². The number of fused-ring (bicyclic) bond motifs is 6. The lowest BCUT2D eigenvalue weighted by atomic mass is 9.61. The Morgan fingerprint density at radius 3 is 1.21 bits per heavy atom. The van der Waals surface area contributed by atoms with Crippen molar-refractivity contribution in [2.75, 3.05) is 0 Å². The molecule has 594 valence electrons.